The van der Waals surface area contributed by atoms with E-state index in [2.05, 4.69) is 9.71 Å². The average Bonchev–Trinajstić information content (AvgIpc) is 2.97. The molecule has 30 heavy (non-hydrogen) atoms. The van der Waals surface area contributed by atoms with Crippen LogP contribution in [0, 0.1) is 0 Å². The molecular formula is C19H17Cl2N3O4S2. The van der Waals surface area contributed by atoms with Crippen molar-refractivity contribution >= 4 is 67.7 Å². The predicted molar refractivity (Wildman–Crippen MR) is 120 cm³/mol. The zero-order chi connectivity index (χ0) is 21.9. The number of anilines is 1. The SMILES string of the molecule is CCN1C(=O)[C@@H](CC(=O)Nc2ccc(Cl)cc2)SC1=NS(=O)(=O)c1ccc(Cl)cc1. The van der Waals surface area contributed by atoms with E-state index in [0.29, 0.717) is 15.7 Å². The summed E-state index contributed by atoms with van der Waals surface area (Å²) in [6.45, 7) is 1.94. The first-order chi connectivity index (χ1) is 14.2. The van der Waals surface area contributed by atoms with Crippen LogP contribution in [0.1, 0.15) is 13.3 Å². The van der Waals surface area contributed by atoms with Gasteiger partial charge in [0.15, 0.2) is 5.17 Å². The Morgan fingerprint density at radius 2 is 1.67 bits per heavy atom. The summed E-state index contributed by atoms with van der Waals surface area (Å²) in [6, 6.07) is 12.1. The van der Waals surface area contributed by atoms with Gasteiger partial charge >= 0.3 is 0 Å². The summed E-state index contributed by atoms with van der Waals surface area (Å²) in [5.74, 6) is -0.736. The maximum atomic E-state index is 12.7. The highest BCUT2D eigenvalue weighted by atomic mass is 35.5. The van der Waals surface area contributed by atoms with Gasteiger partial charge in [-0.05, 0) is 55.5 Å². The molecule has 0 unspecified atom stereocenters. The van der Waals surface area contributed by atoms with Gasteiger partial charge in [-0.3, -0.25) is 14.5 Å². The van der Waals surface area contributed by atoms with E-state index in [1.54, 1.807) is 31.2 Å². The van der Waals surface area contributed by atoms with Gasteiger partial charge in [0, 0.05) is 28.7 Å². The number of halogens is 2. The molecule has 0 saturated carbocycles. The number of nitrogens with zero attached hydrogens (tertiary/aromatic N) is 2. The van der Waals surface area contributed by atoms with E-state index >= 15 is 0 Å². The molecule has 1 N–H and O–H groups in total. The van der Waals surface area contributed by atoms with Crippen LogP contribution in [0.15, 0.2) is 57.8 Å². The van der Waals surface area contributed by atoms with E-state index < -0.39 is 15.3 Å². The standard InChI is InChI=1S/C19H17Cl2N3O4S2/c1-2-24-18(26)16(11-17(25)22-14-7-3-12(20)4-8-14)29-19(24)23-30(27,28)15-9-5-13(21)6-10-15/h3-10,16H,2,11H2,1H3,(H,22,25)/t16-/m1/s1. The summed E-state index contributed by atoms with van der Waals surface area (Å²) < 4.78 is 29.0. The van der Waals surface area contributed by atoms with Crippen molar-refractivity contribution in [2.75, 3.05) is 11.9 Å². The number of amides is 2. The average molecular weight is 486 g/mol. The number of carbonyl (C=O) groups excluding carboxylic acids is 2. The molecule has 1 saturated heterocycles. The Bertz CT molecular complexity index is 1090. The van der Waals surface area contributed by atoms with Crippen molar-refractivity contribution in [3.63, 3.8) is 0 Å². The summed E-state index contributed by atoms with van der Waals surface area (Å²) in [5, 5.41) is 2.90. The molecule has 1 atom stereocenters. The first kappa shape index (κ1) is 22.6. The van der Waals surface area contributed by atoms with Crippen LogP contribution in [-0.2, 0) is 19.6 Å². The maximum Gasteiger partial charge on any atom is 0.284 e. The molecule has 0 spiro atoms. The third-order valence-corrected chi connectivity index (χ3v) is 7.22. The highest BCUT2D eigenvalue weighted by molar-refractivity contribution is 8.16. The van der Waals surface area contributed by atoms with Crippen LogP contribution in [0.3, 0.4) is 0 Å². The summed E-state index contributed by atoms with van der Waals surface area (Å²) in [7, 11) is -4.03. The van der Waals surface area contributed by atoms with Gasteiger partial charge < -0.3 is 5.32 Å². The minimum atomic E-state index is -4.03. The van der Waals surface area contributed by atoms with Gasteiger partial charge in [-0.1, -0.05) is 35.0 Å². The number of thioether (sulfide) groups is 1. The lowest BCUT2D eigenvalue weighted by molar-refractivity contribution is -0.128. The maximum absolute atomic E-state index is 12.7. The van der Waals surface area contributed by atoms with E-state index in [9.17, 15) is 18.0 Å². The number of hydrogen-bond acceptors (Lipinski definition) is 5. The number of benzene rings is 2. The van der Waals surface area contributed by atoms with E-state index in [-0.39, 0.29) is 34.8 Å². The van der Waals surface area contributed by atoms with Crippen LogP contribution in [-0.4, -0.2) is 42.1 Å². The van der Waals surface area contributed by atoms with Crippen molar-refractivity contribution in [1.82, 2.24) is 4.90 Å². The van der Waals surface area contributed by atoms with Crippen molar-refractivity contribution in [1.29, 1.82) is 0 Å². The lowest BCUT2D eigenvalue weighted by Crippen LogP contribution is -2.33. The lowest BCUT2D eigenvalue weighted by Gasteiger charge is -2.13. The summed E-state index contributed by atoms with van der Waals surface area (Å²) in [4.78, 5) is 26.2. The summed E-state index contributed by atoms with van der Waals surface area (Å²) in [5.41, 5.74) is 0.548. The van der Waals surface area contributed by atoms with Crippen molar-refractivity contribution in [3.8, 4) is 0 Å². The van der Waals surface area contributed by atoms with Crippen molar-refractivity contribution < 1.29 is 18.0 Å². The second-order valence-electron chi connectivity index (χ2n) is 6.25. The third kappa shape index (κ3) is 5.34. The number of carbonyl (C=O) groups is 2. The van der Waals surface area contributed by atoms with Crippen LogP contribution in [0.5, 0.6) is 0 Å². The quantitative estimate of drug-likeness (QED) is 0.665. The van der Waals surface area contributed by atoms with E-state index in [0.717, 1.165) is 11.8 Å². The fraction of sp³-hybridized carbons (Fsp3) is 0.211. The molecule has 3 rings (SSSR count). The van der Waals surface area contributed by atoms with Crippen LogP contribution in [0.4, 0.5) is 5.69 Å². The fourth-order valence-electron chi connectivity index (χ4n) is 2.68. The van der Waals surface area contributed by atoms with Gasteiger partial charge in [0.25, 0.3) is 10.0 Å². The number of rotatable bonds is 6. The first-order valence-electron chi connectivity index (χ1n) is 8.83. The Balaban J connectivity index is 1.75. The Morgan fingerprint density at radius 3 is 2.23 bits per heavy atom. The molecule has 1 aliphatic rings. The van der Waals surface area contributed by atoms with E-state index in [4.69, 9.17) is 23.2 Å². The molecule has 1 aliphatic heterocycles. The highest BCUT2D eigenvalue weighted by Gasteiger charge is 2.39. The van der Waals surface area contributed by atoms with Gasteiger partial charge in [0.2, 0.25) is 11.8 Å². The minimum Gasteiger partial charge on any atom is -0.326 e. The third-order valence-electron chi connectivity index (χ3n) is 4.14. The van der Waals surface area contributed by atoms with E-state index in [1.807, 2.05) is 0 Å². The number of nitrogens with one attached hydrogen (secondary N) is 1. The molecule has 2 aromatic carbocycles. The van der Waals surface area contributed by atoms with Crippen LogP contribution in [0.25, 0.3) is 0 Å². The van der Waals surface area contributed by atoms with Gasteiger partial charge in [-0.2, -0.15) is 8.42 Å². The van der Waals surface area contributed by atoms with Gasteiger partial charge in [0.1, 0.15) is 5.25 Å². The molecule has 11 heteroatoms. The summed E-state index contributed by atoms with van der Waals surface area (Å²) >= 11 is 12.6. The zero-order valence-electron chi connectivity index (χ0n) is 15.7. The number of hydrogen-bond donors (Lipinski definition) is 1. The van der Waals surface area contributed by atoms with Crippen LogP contribution < -0.4 is 5.32 Å². The Hall–Kier alpha value is -2.07. The molecule has 2 amide bonds. The molecule has 7 nitrogen and oxygen atoms in total. The van der Waals surface area contributed by atoms with Gasteiger partial charge in [-0.25, -0.2) is 0 Å². The monoisotopic (exact) mass is 485 g/mol. The Kier molecular flexibility index (Phi) is 7.07. The predicted octanol–water partition coefficient (Wildman–Crippen LogP) is 4.03. The molecular weight excluding hydrogens is 469 g/mol. The molecule has 0 aliphatic carbocycles. The molecule has 2 aromatic rings. The largest absolute Gasteiger partial charge is 0.326 e. The zero-order valence-corrected chi connectivity index (χ0v) is 18.9. The van der Waals surface area contributed by atoms with Crippen molar-refractivity contribution in [3.05, 3.63) is 58.6 Å². The second kappa shape index (κ2) is 9.38. The molecule has 0 radical (unpaired) electrons. The van der Waals surface area contributed by atoms with Crippen molar-refractivity contribution in [2.24, 2.45) is 4.40 Å². The smallest absolute Gasteiger partial charge is 0.284 e. The summed E-state index contributed by atoms with van der Waals surface area (Å²) in [6.07, 6.45) is -0.122. The number of sulfonamides is 1. The molecule has 1 fully saturated rings. The minimum absolute atomic E-state index is 0.0348. The molecule has 1 heterocycles. The topological polar surface area (TPSA) is 95.9 Å². The molecule has 0 aromatic heterocycles. The van der Waals surface area contributed by atoms with Crippen LogP contribution in [0.2, 0.25) is 10.0 Å². The van der Waals surface area contributed by atoms with E-state index in [1.165, 1.54) is 29.2 Å². The second-order valence-corrected chi connectivity index (χ2v) is 9.90. The molecule has 0 bridgehead atoms. The van der Waals surface area contributed by atoms with Crippen LogP contribution >= 0.6 is 35.0 Å². The first-order valence-corrected chi connectivity index (χ1v) is 11.9. The Labute approximate surface area is 188 Å². The normalized spacial score (nSPS) is 18.1. The Morgan fingerprint density at radius 1 is 1.10 bits per heavy atom. The van der Waals surface area contributed by atoms with Gasteiger partial charge in [0.05, 0.1) is 4.90 Å². The molecule has 158 valence electrons. The van der Waals surface area contributed by atoms with Crippen molar-refractivity contribution in [2.45, 2.75) is 23.5 Å². The lowest BCUT2D eigenvalue weighted by atomic mass is 10.2. The van der Waals surface area contributed by atoms with Gasteiger partial charge in [-0.15, -0.1) is 4.40 Å². The highest BCUT2D eigenvalue weighted by Crippen LogP contribution is 2.31. The fourth-order valence-corrected chi connectivity index (χ4v) is 5.35. The number of amidine groups is 1.